The molecule has 1 saturated heterocycles. The van der Waals surface area contributed by atoms with Crippen LogP contribution in [0.25, 0.3) is 0 Å². The number of rotatable bonds is 3. The van der Waals surface area contributed by atoms with Crippen LogP contribution in [0.1, 0.15) is 30.9 Å². The summed E-state index contributed by atoms with van der Waals surface area (Å²) in [5.74, 6) is 0.422. The molecule has 1 atom stereocenters. The van der Waals surface area contributed by atoms with Gasteiger partial charge in [0.15, 0.2) is 0 Å². The Kier molecular flexibility index (Phi) is 3.48. The highest BCUT2D eigenvalue weighted by atomic mass is 16.5. The van der Waals surface area contributed by atoms with Crippen molar-refractivity contribution >= 4 is 17.6 Å². The van der Waals surface area contributed by atoms with E-state index < -0.39 is 0 Å². The molecule has 5 nitrogen and oxygen atoms in total. The lowest BCUT2D eigenvalue weighted by Gasteiger charge is -2.42. The van der Waals surface area contributed by atoms with Crippen molar-refractivity contribution in [2.45, 2.75) is 25.2 Å². The molecular formula is C16H18N4O. The standard InChI is InChI=1S/C16H18N4O/c1-11-2-15(20-19-8-11)6-16(9-21-10-16)13-3-12(7-17)4-14(18)5-13/h3-5,8,11H,2,6,9-10,18H2,1H3. The van der Waals surface area contributed by atoms with Crippen LogP contribution >= 0.6 is 0 Å². The van der Waals surface area contributed by atoms with Gasteiger partial charge in [0.25, 0.3) is 0 Å². The molecule has 0 saturated carbocycles. The Morgan fingerprint density at radius 3 is 2.86 bits per heavy atom. The Balaban J connectivity index is 1.90. The summed E-state index contributed by atoms with van der Waals surface area (Å²) >= 11 is 0. The van der Waals surface area contributed by atoms with Crippen molar-refractivity contribution in [3.63, 3.8) is 0 Å². The predicted octanol–water partition coefficient (Wildman–Crippen LogP) is 2.27. The van der Waals surface area contributed by atoms with Crippen LogP contribution < -0.4 is 5.73 Å². The normalized spacial score (nSPS) is 23.0. The summed E-state index contributed by atoms with van der Waals surface area (Å²) < 4.78 is 5.46. The first-order valence-electron chi connectivity index (χ1n) is 7.09. The predicted molar refractivity (Wildman–Crippen MR) is 82.4 cm³/mol. The van der Waals surface area contributed by atoms with Gasteiger partial charge < -0.3 is 10.5 Å². The lowest BCUT2D eigenvalue weighted by molar-refractivity contribution is -0.0565. The Labute approximate surface area is 124 Å². The van der Waals surface area contributed by atoms with Crippen LogP contribution in [-0.2, 0) is 10.2 Å². The fourth-order valence-corrected chi connectivity index (χ4v) is 2.93. The minimum absolute atomic E-state index is 0.119. The molecule has 5 heteroatoms. The fourth-order valence-electron chi connectivity index (χ4n) is 2.93. The van der Waals surface area contributed by atoms with Gasteiger partial charge in [-0.25, -0.2) is 0 Å². The second kappa shape index (κ2) is 5.30. The van der Waals surface area contributed by atoms with E-state index in [1.807, 2.05) is 18.3 Å². The summed E-state index contributed by atoms with van der Waals surface area (Å²) in [6, 6.07) is 7.72. The van der Waals surface area contributed by atoms with Gasteiger partial charge in [0.05, 0.1) is 24.8 Å². The monoisotopic (exact) mass is 282 g/mol. The molecule has 2 aliphatic rings. The van der Waals surface area contributed by atoms with Gasteiger partial charge in [-0.2, -0.15) is 15.5 Å². The van der Waals surface area contributed by atoms with Crippen molar-refractivity contribution < 1.29 is 4.74 Å². The van der Waals surface area contributed by atoms with Gasteiger partial charge in [0.1, 0.15) is 0 Å². The second-order valence-electron chi connectivity index (χ2n) is 6.02. The molecule has 1 aromatic carbocycles. The summed E-state index contributed by atoms with van der Waals surface area (Å²) in [4.78, 5) is 0. The highest BCUT2D eigenvalue weighted by molar-refractivity contribution is 5.90. The summed E-state index contributed by atoms with van der Waals surface area (Å²) in [6.45, 7) is 3.41. The average Bonchev–Trinajstić information content (AvgIpc) is 2.42. The number of nitriles is 1. The third kappa shape index (κ3) is 2.67. The third-order valence-electron chi connectivity index (χ3n) is 4.07. The number of ether oxygens (including phenoxy) is 1. The Morgan fingerprint density at radius 1 is 1.43 bits per heavy atom. The third-order valence-corrected chi connectivity index (χ3v) is 4.07. The lowest BCUT2D eigenvalue weighted by atomic mass is 9.73. The molecule has 0 bridgehead atoms. The van der Waals surface area contributed by atoms with Crippen molar-refractivity contribution in [1.29, 1.82) is 5.26 Å². The number of hydrogen-bond acceptors (Lipinski definition) is 5. The molecule has 0 radical (unpaired) electrons. The molecule has 0 spiro atoms. The first-order chi connectivity index (χ1) is 10.1. The summed E-state index contributed by atoms with van der Waals surface area (Å²) in [5, 5.41) is 17.5. The van der Waals surface area contributed by atoms with Gasteiger partial charge in [0.2, 0.25) is 0 Å². The molecular weight excluding hydrogens is 264 g/mol. The van der Waals surface area contributed by atoms with E-state index in [9.17, 15) is 0 Å². The zero-order valence-corrected chi connectivity index (χ0v) is 12.0. The molecule has 1 fully saturated rings. The van der Waals surface area contributed by atoms with Crippen molar-refractivity contribution in [3.8, 4) is 6.07 Å². The maximum atomic E-state index is 9.12. The van der Waals surface area contributed by atoms with E-state index in [-0.39, 0.29) is 5.41 Å². The van der Waals surface area contributed by atoms with Crippen LogP contribution in [0, 0.1) is 17.2 Å². The molecule has 108 valence electrons. The van der Waals surface area contributed by atoms with Crippen molar-refractivity contribution in [2.75, 3.05) is 18.9 Å². The largest absolute Gasteiger partial charge is 0.399 e. The molecule has 2 heterocycles. The highest BCUT2D eigenvalue weighted by Crippen LogP contribution is 2.38. The first kappa shape index (κ1) is 13.8. The van der Waals surface area contributed by atoms with E-state index in [0.29, 0.717) is 30.4 Å². The SMILES string of the molecule is CC1C=NN=C(CC2(c3cc(N)cc(C#N)c3)COC2)C1. The van der Waals surface area contributed by atoms with E-state index in [1.165, 1.54) is 0 Å². The number of hydrogen-bond donors (Lipinski definition) is 1. The molecule has 3 rings (SSSR count). The molecule has 0 aliphatic carbocycles. The topological polar surface area (TPSA) is 83.8 Å². The second-order valence-corrected chi connectivity index (χ2v) is 6.02. The molecule has 0 aromatic heterocycles. The molecule has 0 amide bonds. The summed E-state index contributed by atoms with van der Waals surface area (Å²) in [7, 11) is 0. The number of nitrogens with zero attached hydrogens (tertiary/aromatic N) is 3. The molecule has 2 N–H and O–H groups in total. The number of nitrogens with two attached hydrogens (primary N) is 1. The number of nitrogen functional groups attached to an aromatic ring is 1. The van der Waals surface area contributed by atoms with E-state index in [0.717, 1.165) is 24.1 Å². The maximum Gasteiger partial charge on any atom is 0.0992 e. The van der Waals surface area contributed by atoms with Crippen molar-refractivity contribution in [1.82, 2.24) is 0 Å². The molecule has 21 heavy (non-hydrogen) atoms. The number of benzene rings is 1. The molecule has 2 aliphatic heterocycles. The van der Waals surface area contributed by atoms with Crippen molar-refractivity contribution in [2.24, 2.45) is 16.1 Å². The quantitative estimate of drug-likeness (QED) is 0.863. The van der Waals surface area contributed by atoms with Gasteiger partial charge in [-0.05, 0) is 36.1 Å². The van der Waals surface area contributed by atoms with Gasteiger partial charge in [-0.15, -0.1) is 0 Å². The molecule has 1 unspecified atom stereocenters. The average molecular weight is 282 g/mol. The van der Waals surface area contributed by atoms with E-state index in [1.54, 1.807) is 6.07 Å². The Bertz CT molecular complexity index is 653. The van der Waals surface area contributed by atoms with Gasteiger partial charge >= 0.3 is 0 Å². The first-order valence-corrected chi connectivity index (χ1v) is 7.09. The smallest absolute Gasteiger partial charge is 0.0992 e. The van der Waals surface area contributed by atoms with E-state index >= 15 is 0 Å². The van der Waals surface area contributed by atoms with Crippen LogP contribution in [0.5, 0.6) is 0 Å². The minimum Gasteiger partial charge on any atom is -0.399 e. The minimum atomic E-state index is -0.119. The Morgan fingerprint density at radius 2 is 2.24 bits per heavy atom. The Hall–Kier alpha value is -2.19. The fraction of sp³-hybridized carbons (Fsp3) is 0.438. The molecule has 1 aromatic rings. The van der Waals surface area contributed by atoms with Crippen LogP contribution in [0.15, 0.2) is 28.4 Å². The van der Waals surface area contributed by atoms with Crippen LogP contribution in [0.3, 0.4) is 0 Å². The van der Waals surface area contributed by atoms with Crippen LogP contribution in [0.4, 0.5) is 5.69 Å². The van der Waals surface area contributed by atoms with Gasteiger partial charge in [-0.3, -0.25) is 0 Å². The van der Waals surface area contributed by atoms with Crippen LogP contribution in [0.2, 0.25) is 0 Å². The maximum absolute atomic E-state index is 9.12. The van der Waals surface area contributed by atoms with E-state index in [4.69, 9.17) is 15.7 Å². The number of anilines is 1. The highest BCUT2D eigenvalue weighted by Gasteiger charge is 2.42. The van der Waals surface area contributed by atoms with Gasteiger partial charge in [-0.1, -0.05) is 6.92 Å². The van der Waals surface area contributed by atoms with Crippen LogP contribution in [-0.4, -0.2) is 25.1 Å². The zero-order chi connectivity index (χ0) is 14.9. The van der Waals surface area contributed by atoms with Crippen molar-refractivity contribution in [3.05, 3.63) is 29.3 Å². The lowest BCUT2D eigenvalue weighted by Crippen LogP contribution is -2.48. The van der Waals surface area contributed by atoms with E-state index in [2.05, 4.69) is 23.2 Å². The summed E-state index contributed by atoms with van der Waals surface area (Å²) in [6.07, 6.45) is 3.61. The van der Waals surface area contributed by atoms with Gasteiger partial charge in [0, 0.05) is 29.4 Å². The summed E-state index contributed by atoms with van der Waals surface area (Å²) in [5.41, 5.74) is 9.17. The zero-order valence-electron chi connectivity index (χ0n) is 12.0.